The second-order valence-electron chi connectivity index (χ2n) is 4.42. The first kappa shape index (κ1) is 12.4. The number of anilines is 1. The van der Waals surface area contributed by atoms with Crippen molar-refractivity contribution in [2.45, 2.75) is 20.0 Å². The summed E-state index contributed by atoms with van der Waals surface area (Å²) in [7, 11) is 0. The minimum Gasteiger partial charge on any atom is -0.379 e. The molecule has 102 valence electrons. The predicted octanol–water partition coefficient (Wildman–Crippen LogP) is 2.10. The van der Waals surface area contributed by atoms with Crippen LogP contribution in [-0.4, -0.2) is 24.5 Å². The molecular weight excluding hydrogens is 252 g/mol. The van der Waals surface area contributed by atoms with Gasteiger partial charge in [0.05, 0.1) is 17.6 Å². The van der Waals surface area contributed by atoms with Crippen LogP contribution < -0.4 is 5.32 Å². The second kappa shape index (κ2) is 5.56. The van der Waals surface area contributed by atoms with Gasteiger partial charge in [0, 0.05) is 24.8 Å². The van der Waals surface area contributed by atoms with Gasteiger partial charge < -0.3 is 5.32 Å². The van der Waals surface area contributed by atoms with Gasteiger partial charge in [0.15, 0.2) is 0 Å². The molecule has 0 aliphatic rings. The van der Waals surface area contributed by atoms with Gasteiger partial charge in [-0.1, -0.05) is 12.1 Å². The normalized spacial score (nSPS) is 10.7. The lowest BCUT2D eigenvalue weighted by Gasteiger charge is -2.10. The quantitative estimate of drug-likeness (QED) is 0.769. The third kappa shape index (κ3) is 2.54. The molecule has 0 unspecified atom stereocenters. The van der Waals surface area contributed by atoms with E-state index >= 15 is 0 Å². The summed E-state index contributed by atoms with van der Waals surface area (Å²) >= 11 is 0. The van der Waals surface area contributed by atoms with E-state index in [1.807, 2.05) is 41.3 Å². The van der Waals surface area contributed by atoms with E-state index in [2.05, 4.69) is 27.4 Å². The second-order valence-corrected chi connectivity index (χ2v) is 4.42. The fourth-order valence-electron chi connectivity index (χ4n) is 2.02. The van der Waals surface area contributed by atoms with Crippen molar-refractivity contribution < 1.29 is 0 Å². The minimum atomic E-state index is 0.728. The maximum Gasteiger partial charge on any atom is 0.138 e. The minimum absolute atomic E-state index is 0.728. The van der Waals surface area contributed by atoms with Crippen LogP contribution >= 0.6 is 0 Å². The number of para-hydroxylation sites is 2. The topological polar surface area (TPSA) is 60.6 Å². The molecule has 0 fully saturated rings. The highest BCUT2D eigenvalue weighted by Crippen LogP contribution is 2.19. The van der Waals surface area contributed by atoms with E-state index < -0.39 is 0 Å². The molecule has 0 saturated heterocycles. The van der Waals surface area contributed by atoms with Crippen molar-refractivity contribution in [1.82, 2.24) is 24.5 Å². The first-order chi connectivity index (χ1) is 9.86. The van der Waals surface area contributed by atoms with Gasteiger partial charge in [-0.25, -0.2) is 9.67 Å². The van der Waals surface area contributed by atoms with Crippen LogP contribution in [0.5, 0.6) is 0 Å². The number of rotatable bonds is 5. The van der Waals surface area contributed by atoms with Gasteiger partial charge >= 0.3 is 0 Å². The molecule has 0 aliphatic carbocycles. The molecule has 3 rings (SSSR count). The van der Waals surface area contributed by atoms with Gasteiger partial charge in [0.1, 0.15) is 12.7 Å². The fraction of sp³-hybridized carbons (Fsp3) is 0.214. The molecule has 2 heterocycles. The lowest BCUT2D eigenvalue weighted by atomic mass is 10.2. The molecule has 3 aromatic rings. The molecule has 0 radical (unpaired) electrons. The largest absolute Gasteiger partial charge is 0.379 e. The molecule has 1 aromatic carbocycles. The molecule has 2 aromatic heterocycles. The maximum atomic E-state index is 4.27. The average molecular weight is 268 g/mol. The number of nitrogens with one attached hydrogen (secondary N) is 1. The summed E-state index contributed by atoms with van der Waals surface area (Å²) < 4.78 is 3.66. The Hall–Kier alpha value is -2.63. The number of hydrogen-bond acceptors (Lipinski definition) is 4. The number of aryl methyl sites for hydroxylation is 1. The zero-order chi connectivity index (χ0) is 13.8. The van der Waals surface area contributed by atoms with Crippen LogP contribution in [0.1, 0.15) is 12.5 Å². The molecule has 0 amide bonds. The van der Waals surface area contributed by atoms with E-state index in [0.717, 1.165) is 30.0 Å². The first-order valence-corrected chi connectivity index (χ1v) is 6.56. The van der Waals surface area contributed by atoms with Crippen molar-refractivity contribution >= 4 is 5.69 Å². The first-order valence-electron chi connectivity index (χ1n) is 6.56. The van der Waals surface area contributed by atoms with Crippen LogP contribution in [0.25, 0.3) is 5.69 Å². The van der Waals surface area contributed by atoms with Crippen molar-refractivity contribution in [3.8, 4) is 5.69 Å². The number of benzene rings is 1. The van der Waals surface area contributed by atoms with Gasteiger partial charge in [0.2, 0.25) is 0 Å². The van der Waals surface area contributed by atoms with E-state index in [1.165, 1.54) is 6.33 Å². The highest BCUT2D eigenvalue weighted by atomic mass is 15.3. The van der Waals surface area contributed by atoms with Crippen molar-refractivity contribution in [3.05, 3.63) is 54.9 Å². The molecule has 0 bridgehead atoms. The number of hydrogen-bond donors (Lipinski definition) is 1. The summed E-state index contributed by atoms with van der Waals surface area (Å²) in [5, 5.41) is 11.9. The van der Waals surface area contributed by atoms with Crippen LogP contribution in [-0.2, 0) is 13.1 Å². The van der Waals surface area contributed by atoms with Crippen molar-refractivity contribution in [2.24, 2.45) is 0 Å². The van der Waals surface area contributed by atoms with E-state index in [4.69, 9.17) is 0 Å². The Kier molecular flexibility index (Phi) is 3.45. The summed E-state index contributed by atoms with van der Waals surface area (Å²) in [5.74, 6) is 0. The summed E-state index contributed by atoms with van der Waals surface area (Å²) in [4.78, 5) is 3.98. The third-order valence-electron chi connectivity index (χ3n) is 3.06. The van der Waals surface area contributed by atoms with E-state index in [9.17, 15) is 0 Å². The van der Waals surface area contributed by atoms with Crippen molar-refractivity contribution in [1.29, 1.82) is 0 Å². The van der Waals surface area contributed by atoms with Gasteiger partial charge in [-0.05, 0) is 19.1 Å². The zero-order valence-electron chi connectivity index (χ0n) is 11.3. The maximum absolute atomic E-state index is 4.27. The van der Waals surface area contributed by atoms with Crippen LogP contribution in [0.3, 0.4) is 0 Å². The summed E-state index contributed by atoms with van der Waals surface area (Å²) in [6.45, 7) is 3.69. The number of aromatic nitrogens is 5. The summed E-state index contributed by atoms with van der Waals surface area (Å²) in [6.07, 6.45) is 7.15. The Bertz CT molecular complexity index is 671. The van der Waals surface area contributed by atoms with Gasteiger partial charge in [-0.3, -0.25) is 4.68 Å². The molecule has 0 spiro atoms. The SMILES string of the molecule is CCn1cc(CNc2ccccc2-n2cncn2)cn1. The van der Waals surface area contributed by atoms with Crippen LogP contribution in [0, 0.1) is 0 Å². The highest BCUT2D eigenvalue weighted by molar-refractivity contribution is 5.60. The molecule has 6 heteroatoms. The lowest BCUT2D eigenvalue weighted by Crippen LogP contribution is -2.04. The van der Waals surface area contributed by atoms with E-state index in [1.54, 1.807) is 11.0 Å². The Morgan fingerprint density at radius 1 is 1.20 bits per heavy atom. The highest BCUT2D eigenvalue weighted by Gasteiger charge is 2.05. The molecular formula is C14H16N6. The summed E-state index contributed by atoms with van der Waals surface area (Å²) in [5.41, 5.74) is 3.15. The Morgan fingerprint density at radius 2 is 2.10 bits per heavy atom. The summed E-state index contributed by atoms with van der Waals surface area (Å²) in [6, 6.07) is 8.02. The predicted molar refractivity (Wildman–Crippen MR) is 76.6 cm³/mol. The monoisotopic (exact) mass is 268 g/mol. The molecule has 1 N–H and O–H groups in total. The van der Waals surface area contributed by atoms with Crippen molar-refractivity contribution in [3.63, 3.8) is 0 Å². The van der Waals surface area contributed by atoms with E-state index in [0.29, 0.717) is 0 Å². The van der Waals surface area contributed by atoms with Crippen LogP contribution in [0.4, 0.5) is 5.69 Å². The zero-order valence-corrected chi connectivity index (χ0v) is 11.3. The third-order valence-corrected chi connectivity index (χ3v) is 3.06. The molecule has 6 nitrogen and oxygen atoms in total. The molecule has 20 heavy (non-hydrogen) atoms. The smallest absolute Gasteiger partial charge is 0.138 e. The van der Waals surface area contributed by atoms with Crippen molar-refractivity contribution in [2.75, 3.05) is 5.32 Å². The molecule has 0 saturated carbocycles. The van der Waals surface area contributed by atoms with Crippen LogP contribution in [0.2, 0.25) is 0 Å². The average Bonchev–Trinajstić information content (AvgIpc) is 3.17. The molecule has 0 atom stereocenters. The van der Waals surface area contributed by atoms with Gasteiger partial charge in [-0.2, -0.15) is 10.2 Å². The van der Waals surface area contributed by atoms with Gasteiger partial charge in [-0.15, -0.1) is 0 Å². The Balaban J connectivity index is 1.77. The Labute approximate surface area is 117 Å². The van der Waals surface area contributed by atoms with Crippen LogP contribution in [0.15, 0.2) is 49.3 Å². The lowest BCUT2D eigenvalue weighted by molar-refractivity contribution is 0.659. The van der Waals surface area contributed by atoms with Gasteiger partial charge in [0.25, 0.3) is 0 Å². The number of nitrogens with zero attached hydrogens (tertiary/aromatic N) is 5. The Morgan fingerprint density at radius 3 is 2.85 bits per heavy atom. The fourth-order valence-corrected chi connectivity index (χ4v) is 2.02. The molecule has 0 aliphatic heterocycles. The van der Waals surface area contributed by atoms with E-state index in [-0.39, 0.29) is 0 Å². The standard InChI is InChI=1S/C14H16N6/c1-2-19-9-12(8-17-19)7-16-13-5-3-4-6-14(13)20-11-15-10-18-20/h3-6,8-11,16H,2,7H2,1H3.